The summed E-state index contributed by atoms with van der Waals surface area (Å²) in [6, 6.07) is 0.0745. The van der Waals surface area contributed by atoms with Gasteiger partial charge in [0.25, 0.3) is 5.91 Å². The van der Waals surface area contributed by atoms with Gasteiger partial charge in [-0.25, -0.2) is 0 Å². The molecule has 2 aliphatic heterocycles. The van der Waals surface area contributed by atoms with Crippen molar-refractivity contribution in [1.29, 1.82) is 0 Å². The van der Waals surface area contributed by atoms with Crippen LogP contribution in [-0.4, -0.2) is 79.0 Å². The fraction of sp³-hybridized carbons (Fsp3) is 0.864. The van der Waals surface area contributed by atoms with Crippen LogP contribution in [0.5, 0.6) is 0 Å². The van der Waals surface area contributed by atoms with Gasteiger partial charge >= 0.3 is 0 Å². The maximum Gasteiger partial charge on any atom is 0.257 e. The molecular formula is C22H41NO6. The van der Waals surface area contributed by atoms with Gasteiger partial charge in [-0.2, -0.15) is 0 Å². The number of amides is 1. The largest absolute Gasteiger partial charge is 0.388 e. The lowest BCUT2D eigenvalue weighted by molar-refractivity contribution is -0.317. The molecule has 6 atom stereocenters. The van der Waals surface area contributed by atoms with E-state index in [1.165, 1.54) is 0 Å². The number of nitrogens with zero attached hydrogens (tertiary/aromatic N) is 1. The lowest BCUT2D eigenvalue weighted by atomic mass is 9.84. The molecule has 0 aliphatic carbocycles. The molecule has 29 heavy (non-hydrogen) atoms. The maximum atomic E-state index is 12.8. The van der Waals surface area contributed by atoms with Gasteiger partial charge in [0.15, 0.2) is 6.10 Å². The monoisotopic (exact) mass is 415 g/mol. The van der Waals surface area contributed by atoms with E-state index in [9.17, 15) is 15.0 Å². The van der Waals surface area contributed by atoms with Crippen LogP contribution >= 0.6 is 0 Å². The summed E-state index contributed by atoms with van der Waals surface area (Å²) in [6.45, 7) is 10.2. The molecule has 6 unspecified atom stereocenters. The second-order valence-corrected chi connectivity index (χ2v) is 8.46. The van der Waals surface area contributed by atoms with Gasteiger partial charge in [-0.3, -0.25) is 4.79 Å². The number of hydrogen-bond acceptors (Lipinski definition) is 6. The third-order valence-electron chi connectivity index (χ3n) is 6.01. The number of piperidine rings is 1. The summed E-state index contributed by atoms with van der Waals surface area (Å²) in [7, 11) is 4.87. The summed E-state index contributed by atoms with van der Waals surface area (Å²) in [4.78, 5) is 14.5. The van der Waals surface area contributed by atoms with E-state index in [1.54, 1.807) is 26.2 Å². The molecule has 1 amide bonds. The number of hydrogen-bond donors (Lipinski definition) is 2. The first kappa shape index (κ1) is 26.0. The SMILES string of the molecule is C=C(C)C(CC1CCC(C)C(O)(C(O)C(=O)N2CCCCC2C)O1)OC.COC. The van der Waals surface area contributed by atoms with E-state index in [-0.39, 0.29) is 24.2 Å². The number of rotatable bonds is 6. The summed E-state index contributed by atoms with van der Waals surface area (Å²) in [5.41, 5.74) is 0.886. The van der Waals surface area contributed by atoms with Gasteiger partial charge in [-0.05, 0) is 46.0 Å². The van der Waals surface area contributed by atoms with Crippen molar-refractivity contribution in [3.63, 3.8) is 0 Å². The first-order chi connectivity index (χ1) is 13.6. The van der Waals surface area contributed by atoms with Crippen LogP contribution in [0.25, 0.3) is 0 Å². The van der Waals surface area contributed by atoms with Gasteiger partial charge in [0, 0.05) is 46.3 Å². The minimum Gasteiger partial charge on any atom is -0.388 e. The Morgan fingerprint density at radius 1 is 1.24 bits per heavy atom. The van der Waals surface area contributed by atoms with Crippen molar-refractivity contribution in [2.75, 3.05) is 27.9 Å². The van der Waals surface area contributed by atoms with Gasteiger partial charge in [0.05, 0.1) is 12.2 Å². The molecule has 2 N–H and O–H groups in total. The quantitative estimate of drug-likeness (QED) is 0.648. The lowest BCUT2D eigenvalue weighted by Gasteiger charge is -2.46. The summed E-state index contributed by atoms with van der Waals surface area (Å²) in [5.74, 6) is -2.64. The molecule has 7 heteroatoms. The van der Waals surface area contributed by atoms with Crippen molar-refractivity contribution in [2.45, 2.75) is 89.4 Å². The molecule has 0 aromatic carbocycles. The van der Waals surface area contributed by atoms with Crippen molar-refractivity contribution in [1.82, 2.24) is 4.90 Å². The molecule has 2 rings (SSSR count). The second kappa shape index (κ2) is 12.0. The van der Waals surface area contributed by atoms with E-state index in [1.807, 2.05) is 20.8 Å². The van der Waals surface area contributed by atoms with E-state index in [0.29, 0.717) is 19.4 Å². The predicted molar refractivity (Wildman–Crippen MR) is 112 cm³/mol. The van der Waals surface area contributed by atoms with Crippen molar-refractivity contribution in [3.05, 3.63) is 12.2 Å². The molecule has 2 heterocycles. The number of aliphatic hydroxyl groups is 2. The molecule has 0 aromatic rings. The molecular weight excluding hydrogens is 374 g/mol. The Labute approximate surface area is 176 Å². The topological polar surface area (TPSA) is 88.5 Å². The molecule has 2 aliphatic rings. The standard InChI is InChI=1S/C20H35NO5.C2H6O/c1-13(2)17(25-5)12-16-10-9-14(3)20(24,26-16)18(22)19(23)21-11-7-6-8-15(21)4;1-3-2/h14-18,22,24H,1,6-12H2,2-5H3;1-2H3. The van der Waals surface area contributed by atoms with E-state index in [4.69, 9.17) is 9.47 Å². The van der Waals surface area contributed by atoms with Crippen LogP contribution in [0.1, 0.15) is 59.3 Å². The summed E-state index contributed by atoms with van der Waals surface area (Å²) < 4.78 is 15.6. The Morgan fingerprint density at radius 3 is 2.38 bits per heavy atom. The molecule has 2 saturated heterocycles. The average molecular weight is 416 g/mol. The Morgan fingerprint density at radius 2 is 1.86 bits per heavy atom. The third-order valence-corrected chi connectivity index (χ3v) is 6.01. The van der Waals surface area contributed by atoms with Crippen LogP contribution in [0.15, 0.2) is 12.2 Å². The van der Waals surface area contributed by atoms with E-state index in [2.05, 4.69) is 11.3 Å². The van der Waals surface area contributed by atoms with E-state index in [0.717, 1.165) is 31.3 Å². The number of carbonyl (C=O) groups is 1. The first-order valence-corrected chi connectivity index (χ1v) is 10.6. The average Bonchev–Trinajstić information content (AvgIpc) is 2.68. The molecule has 0 aromatic heterocycles. The Kier molecular flexibility index (Phi) is 10.8. The summed E-state index contributed by atoms with van der Waals surface area (Å²) in [5, 5.41) is 21.9. The highest BCUT2D eigenvalue weighted by molar-refractivity contribution is 5.82. The van der Waals surface area contributed by atoms with Gasteiger partial charge in [0.2, 0.25) is 5.79 Å². The zero-order valence-corrected chi connectivity index (χ0v) is 19.0. The van der Waals surface area contributed by atoms with E-state index < -0.39 is 17.8 Å². The molecule has 0 bridgehead atoms. The minimum atomic E-state index is -1.87. The van der Waals surface area contributed by atoms with Crippen molar-refractivity contribution in [3.8, 4) is 0 Å². The molecule has 170 valence electrons. The zero-order valence-electron chi connectivity index (χ0n) is 19.0. The summed E-state index contributed by atoms with van der Waals surface area (Å²) in [6.07, 6.45) is 2.85. The fourth-order valence-electron chi connectivity index (χ4n) is 4.08. The van der Waals surface area contributed by atoms with Crippen LogP contribution in [0, 0.1) is 5.92 Å². The van der Waals surface area contributed by atoms with Gasteiger partial charge in [-0.15, -0.1) is 0 Å². The smallest absolute Gasteiger partial charge is 0.257 e. The maximum absolute atomic E-state index is 12.8. The Hall–Kier alpha value is -0.990. The molecule has 0 spiro atoms. The lowest BCUT2D eigenvalue weighted by Crippen LogP contribution is -2.62. The molecule has 0 saturated carbocycles. The normalized spacial score (nSPS) is 32.0. The zero-order chi connectivity index (χ0) is 22.2. The van der Waals surface area contributed by atoms with Gasteiger partial charge < -0.3 is 29.3 Å². The third kappa shape index (κ3) is 6.76. The highest BCUT2D eigenvalue weighted by atomic mass is 16.6. The molecule has 0 radical (unpaired) electrons. The number of aliphatic hydroxyl groups excluding tert-OH is 1. The Bertz CT molecular complexity index is 527. The first-order valence-electron chi connectivity index (χ1n) is 10.6. The number of ether oxygens (including phenoxy) is 3. The number of carbonyl (C=O) groups excluding carboxylic acids is 1. The van der Waals surface area contributed by atoms with Crippen LogP contribution < -0.4 is 0 Å². The molecule has 2 fully saturated rings. The summed E-state index contributed by atoms with van der Waals surface area (Å²) >= 11 is 0. The predicted octanol–water partition coefficient (Wildman–Crippen LogP) is 2.50. The van der Waals surface area contributed by atoms with Crippen LogP contribution in [0.2, 0.25) is 0 Å². The Balaban J connectivity index is 0.00000132. The second-order valence-electron chi connectivity index (χ2n) is 8.46. The van der Waals surface area contributed by atoms with Crippen molar-refractivity contribution < 1.29 is 29.2 Å². The van der Waals surface area contributed by atoms with Crippen molar-refractivity contribution in [2.24, 2.45) is 5.92 Å². The number of likely N-dealkylation sites (tertiary alicyclic amines) is 1. The van der Waals surface area contributed by atoms with Crippen LogP contribution in [0.3, 0.4) is 0 Å². The highest BCUT2D eigenvalue weighted by Crippen LogP contribution is 2.37. The molecule has 7 nitrogen and oxygen atoms in total. The van der Waals surface area contributed by atoms with Crippen molar-refractivity contribution >= 4 is 5.91 Å². The van der Waals surface area contributed by atoms with Gasteiger partial charge in [0.1, 0.15) is 0 Å². The fourth-order valence-corrected chi connectivity index (χ4v) is 4.08. The van der Waals surface area contributed by atoms with Crippen LogP contribution in [0.4, 0.5) is 0 Å². The highest BCUT2D eigenvalue weighted by Gasteiger charge is 2.51. The minimum absolute atomic E-state index is 0.0745. The van der Waals surface area contributed by atoms with Crippen LogP contribution in [-0.2, 0) is 19.0 Å². The van der Waals surface area contributed by atoms with Gasteiger partial charge in [-0.1, -0.05) is 19.1 Å². The number of methoxy groups -OCH3 is 2. The van der Waals surface area contributed by atoms with E-state index >= 15 is 0 Å².